The lowest BCUT2D eigenvalue weighted by Crippen LogP contribution is -2.55. The maximum absolute atomic E-state index is 13.1. The number of carbonyl (C=O) groups is 1. The summed E-state index contributed by atoms with van der Waals surface area (Å²) in [5.41, 5.74) is 3.16. The molecule has 1 aromatic heterocycles. The van der Waals surface area contributed by atoms with Gasteiger partial charge in [-0.25, -0.2) is 9.59 Å². The SMILES string of the molecule is CN1CCCN(C(=O)N[C@H]2CC[C@@]3(C)[C@H](CC[C@H]4C5=CC[C@H](c6ccc(=O)oc6)[C@@]5(C)CC[C@@H]43)C2)CC1. The van der Waals surface area contributed by atoms with Crippen molar-refractivity contribution in [2.45, 2.75) is 83.6 Å². The van der Waals surface area contributed by atoms with E-state index < -0.39 is 0 Å². The minimum absolute atomic E-state index is 0.157. The van der Waals surface area contributed by atoms with E-state index >= 15 is 0 Å². The third-order valence-corrected chi connectivity index (χ3v) is 11.5. The molecule has 1 saturated heterocycles. The average Bonchev–Trinajstić information content (AvgIpc) is 3.08. The fourth-order valence-electron chi connectivity index (χ4n) is 9.31. The molecule has 1 aromatic rings. The molecule has 0 radical (unpaired) electrons. The molecule has 7 atom stereocenters. The van der Waals surface area contributed by atoms with Gasteiger partial charge in [0, 0.05) is 31.7 Å². The average molecular weight is 508 g/mol. The molecule has 5 aliphatic rings. The van der Waals surface area contributed by atoms with Gasteiger partial charge >= 0.3 is 11.7 Å². The van der Waals surface area contributed by atoms with Crippen LogP contribution in [0.2, 0.25) is 0 Å². The Morgan fingerprint density at radius 2 is 1.92 bits per heavy atom. The lowest BCUT2D eigenvalue weighted by molar-refractivity contribution is -0.0587. The summed E-state index contributed by atoms with van der Waals surface area (Å²) in [4.78, 5) is 29.0. The molecule has 6 nitrogen and oxygen atoms in total. The molecular weight excluding hydrogens is 462 g/mol. The van der Waals surface area contributed by atoms with Crippen LogP contribution in [0.5, 0.6) is 0 Å². The van der Waals surface area contributed by atoms with Crippen LogP contribution >= 0.6 is 0 Å². The second-order valence-electron chi connectivity index (χ2n) is 13.3. The van der Waals surface area contributed by atoms with E-state index in [4.69, 9.17) is 4.42 Å². The predicted octanol–water partition coefficient (Wildman–Crippen LogP) is 5.40. The monoisotopic (exact) mass is 507 g/mol. The van der Waals surface area contributed by atoms with Crippen molar-refractivity contribution in [2.24, 2.45) is 28.6 Å². The quantitative estimate of drug-likeness (QED) is 0.544. The first-order valence-electron chi connectivity index (χ1n) is 14.8. The van der Waals surface area contributed by atoms with E-state index in [1.165, 1.54) is 37.7 Å². The summed E-state index contributed by atoms with van der Waals surface area (Å²) in [6.07, 6.45) is 14.9. The molecule has 0 bridgehead atoms. The number of carbonyl (C=O) groups excluding carboxylic acids is 1. The fourth-order valence-corrected chi connectivity index (χ4v) is 9.31. The minimum atomic E-state index is -0.263. The Labute approximate surface area is 221 Å². The van der Waals surface area contributed by atoms with Crippen LogP contribution in [0.15, 0.2) is 39.3 Å². The van der Waals surface area contributed by atoms with Crippen molar-refractivity contribution >= 4 is 6.03 Å². The second-order valence-corrected chi connectivity index (χ2v) is 13.3. The summed E-state index contributed by atoms with van der Waals surface area (Å²) in [5, 5.41) is 3.45. The minimum Gasteiger partial charge on any atom is -0.431 e. The van der Waals surface area contributed by atoms with E-state index in [1.54, 1.807) is 17.9 Å². The van der Waals surface area contributed by atoms with Gasteiger partial charge in [0.15, 0.2) is 0 Å². The number of hydrogen-bond acceptors (Lipinski definition) is 4. The van der Waals surface area contributed by atoms with Crippen molar-refractivity contribution in [1.82, 2.24) is 15.1 Å². The molecule has 3 saturated carbocycles. The van der Waals surface area contributed by atoms with Gasteiger partial charge in [-0.2, -0.15) is 0 Å². The summed E-state index contributed by atoms with van der Waals surface area (Å²) in [6, 6.07) is 4.05. The number of rotatable bonds is 2. The lowest BCUT2D eigenvalue weighted by atomic mass is 9.45. The van der Waals surface area contributed by atoms with Crippen molar-refractivity contribution < 1.29 is 9.21 Å². The van der Waals surface area contributed by atoms with Crippen molar-refractivity contribution in [3.63, 3.8) is 0 Å². The van der Waals surface area contributed by atoms with Crippen LogP contribution in [0.4, 0.5) is 4.79 Å². The Kier molecular flexibility index (Phi) is 6.53. The number of nitrogens with zero attached hydrogens (tertiary/aromatic N) is 2. The Balaban J connectivity index is 1.12. The van der Waals surface area contributed by atoms with E-state index in [9.17, 15) is 9.59 Å². The van der Waals surface area contributed by atoms with Gasteiger partial charge < -0.3 is 19.5 Å². The highest BCUT2D eigenvalue weighted by molar-refractivity contribution is 5.74. The van der Waals surface area contributed by atoms with Crippen LogP contribution < -0.4 is 10.9 Å². The highest BCUT2D eigenvalue weighted by Gasteiger charge is 2.57. The van der Waals surface area contributed by atoms with Gasteiger partial charge in [-0.15, -0.1) is 0 Å². The molecular formula is C31H45N3O3. The van der Waals surface area contributed by atoms with E-state index in [0.29, 0.717) is 29.2 Å². The number of urea groups is 1. The maximum Gasteiger partial charge on any atom is 0.335 e. The van der Waals surface area contributed by atoms with Crippen LogP contribution in [0, 0.1) is 28.6 Å². The molecule has 2 amide bonds. The first kappa shape index (κ1) is 25.2. The largest absolute Gasteiger partial charge is 0.431 e. The van der Waals surface area contributed by atoms with Crippen molar-refractivity contribution in [3.8, 4) is 0 Å². The summed E-state index contributed by atoms with van der Waals surface area (Å²) in [7, 11) is 2.15. The maximum atomic E-state index is 13.1. The molecule has 0 aromatic carbocycles. The van der Waals surface area contributed by atoms with Gasteiger partial charge in [-0.1, -0.05) is 25.5 Å². The highest BCUT2D eigenvalue weighted by Crippen LogP contribution is 2.67. The highest BCUT2D eigenvalue weighted by atomic mass is 16.4. The van der Waals surface area contributed by atoms with E-state index in [-0.39, 0.29) is 17.1 Å². The van der Waals surface area contributed by atoms with Crippen molar-refractivity contribution in [1.29, 1.82) is 0 Å². The third kappa shape index (κ3) is 4.37. The zero-order valence-corrected chi connectivity index (χ0v) is 23.0. The summed E-state index contributed by atoms with van der Waals surface area (Å²) < 4.78 is 5.26. The van der Waals surface area contributed by atoms with Crippen LogP contribution in [-0.2, 0) is 0 Å². The molecule has 1 N–H and O–H groups in total. The summed E-state index contributed by atoms with van der Waals surface area (Å²) in [6.45, 7) is 8.81. The topological polar surface area (TPSA) is 65.8 Å². The van der Waals surface area contributed by atoms with Crippen molar-refractivity contribution in [2.75, 3.05) is 33.2 Å². The Hall–Kier alpha value is -2.08. The first-order chi connectivity index (χ1) is 17.8. The Bertz CT molecular complexity index is 1090. The Morgan fingerprint density at radius 3 is 2.73 bits per heavy atom. The molecule has 37 heavy (non-hydrogen) atoms. The number of allylic oxidation sites excluding steroid dienone is 2. The van der Waals surface area contributed by atoms with Gasteiger partial charge in [0.05, 0.1) is 6.26 Å². The van der Waals surface area contributed by atoms with E-state index in [1.807, 2.05) is 11.0 Å². The molecule has 6 rings (SSSR count). The summed E-state index contributed by atoms with van der Waals surface area (Å²) >= 11 is 0. The van der Waals surface area contributed by atoms with Gasteiger partial charge in [-0.3, -0.25) is 0 Å². The molecule has 1 aliphatic heterocycles. The molecule has 2 heterocycles. The second kappa shape index (κ2) is 9.59. The number of likely N-dealkylation sites (N-methyl/N-ethyl adjacent to an activating group) is 1. The predicted molar refractivity (Wildman–Crippen MR) is 145 cm³/mol. The zero-order valence-electron chi connectivity index (χ0n) is 23.0. The standard InChI is InChI=1S/C31H45N3O3/c1-30-13-11-23(32-29(36)34-16-4-15-33(3)17-18-34)19-22(30)6-7-24-26-9-8-25(21-5-10-28(35)37-20-21)31(26,2)14-12-27(24)30/h5,9-10,20,22-25,27H,4,6-8,11-19H2,1-3H3,(H,32,36)/t22-,23+,24+,25-,27+,30+,31-/m1/s1. The molecule has 202 valence electrons. The smallest absolute Gasteiger partial charge is 0.335 e. The fraction of sp³-hybridized carbons (Fsp3) is 0.742. The summed E-state index contributed by atoms with van der Waals surface area (Å²) in [5.74, 6) is 2.55. The Morgan fingerprint density at radius 1 is 1.05 bits per heavy atom. The van der Waals surface area contributed by atoms with Gasteiger partial charge in [-0.05, 0) is 118 Å². The third-order valence-electron chi connectivity index (χ3n) is 11.5. The van der Waals surface area contributed by atoms with E-state index in [0.717, 1.165) is 57.8 Å². The first-order valence-corrected chi connectivity index (χ1v) is 14.8. The normalized spacial score (nSPS) is 40.1. The van der Waals surface area contributed by atoms with Gasteiger partial charge in [0.2, 0.25) is 0 Å². The molecule has 4 aliphatic carbocycles. The molecule has 0 spiro atoms. The van der Waals surface area contributed by atoms with Crippen LogP contribution in [0.25, 0.3) is 0 Å². The van der Waals surface area contributed by atoms with Crippen LogP contribution in [-0.4, -0.2) is 55.1 Å². The van der Waals surface area contributed by atoms with Gasteiger partial charge in [0.1, 0.15) is 0 Å². The van der Waals surface area contributed by atoms with Crippen LogP contribution in [0.1, 0.15) is 83.1 Å². The number of hydrogen-bond donors (Lipinski definition) is 1. The van der Waals surface area contributed by atoms with E-state index in [2.05, 4.69) is 37.2 Å². The van der Waals surface area contributed by atoms with Crippen LogP contribution in [0.3, 0.4) is 0 Å². The number of nitrogens with one attached hydrogen (secondary N) is 1. The molecule has 0 unspecified atom stereocenters. The van der Waals surface area contributed by atoms with Gasteiger partial charge in [0.25, 0.3) is 0 Å². The molecule has 6 heteroatoms. The number of amides is 2. The lowest BCUT2D eigenvalue weighted by Gasteiger charge is -2.60. The zero-order chi connectivity index (χ0) is 25.8. The molecule has 4 fully saturated rings. The number of fused-ring (bicyclic) bond motifs is 5. The van der Waals surface area contributed by atoms with Crippen molar-refractivity contribution in [3.05, 3.63) is 46.0 Å².